The van der Waals surface area contributed by atoms with Gasteiger partial charge in [0.05, 0.1) is 0 Å². The molecule has 2 nitrogen and oxygen atoms in total. The summed E-state index contributed by atoms with van der Waals surface area (Å²) in [6.45, 7) is 4.48. The van der Waals surface area contributed by atoms with E-state index in [1.165, 1.54) is 77.0 Å². The third-order valence-corrected chi connectivity index (χ3v) is 6.04. The Morgan fingerprint density at radius 2 is 0.758 bits per heavy atom. The van der Waals surface area contributed by atoms with E-state index >= 15 is 0 Å². The molecule has 0 atom stereocenters. The molecule has 3 heteroatoms. The topological polar surface area (TPSA) is 46.1 Å². The van der Waals surface area contributed by atoms with Crippen LogP contribution in [-0.2, 0) is 12.8 Å². The van der Waals surface area contributed by atoms with Gasteiger partial charge in [0.25, 0.3) is 0 Å². The minimum Gasteiger partial charge on any atom is -0.872 e. The molecule has 2 aromatic rings. The minimum absolute atomic E-state index is 0. The molecule has 0 aliphatic rings. The summed E-state index contributed by atoms with van der Waals surface area (Å²) in [5.41, 5.74) is 1.96. The average Bonchev–Trinajstić information content (AvgIpc) is 2.80. The molecule has 2 rings (SSSR count). The van der Waals surface area contributed by atoms with Crippen LogP contribution >= 0.6 is 0 Å². The molecule has 0 fully saturated rings. The zero-order chi connectivity index (χ0) is 23.3. The van der Waals surface area contributed by atoms with Crippen molar-refractivity contribution in [2.75, 3.05) is 0 Å². The second-order valence-corrected chi connectivity index (χ2v) is 8.96. The molecule has 180 valence electrons. The SMILES string of the molecule is CCCCCCCCCc1ccccc1[O-].CCCCCCCCCc1ccccc1[O-].[Sr+2]. The Balaban J connectivity index is 0.000000602. The van der Waals surface area contributed by atoms with Crippen molar-refractivity contribution in [1.82, 2.24) is 0 Å². The summed E-state index contributed by atoms with van der Waals surface area (Å²) in [7, 11) is 0. The van der Waals surface area contributed by atoms with Crippen molar-refractivity contribution in [2.45, 2.75) is 117 Å². The molecule has 33 heavy (non-hydrogen) atoms. The Hall–Kier alpha value is -0.479. The van der Waals surface area contributed by atoms with E-state index < -0.39 is 0 Å². The summed E-state index contributed by atoms with van der Waals surface area (Å²) in [4.78, 5) is 0. The van der Waals surface area contributed by atoms with Gasteiger partial charge >= 0.3 is 45.5 Å². The van der Waals surface area contributed by atoms with Gasteiger partial charge in [-0.3, -0.25) is 0 Å². The second kappa shape index (κ2) is 23.3. The monoisotopic (exact) mass is 526 g/mol. The maximum Gasteiger partial charge on any atom is 2.00 e. The molecule has 0 radical (unpaired) electrons. The minimum atomic E-state index is 0. The third-order valence-electron chi connectivity index (χ3n) is 6.04. The van der Waals surface area contributed by atoms with Crippen LogP contribution in [0, 0.1) is 0 Å². The number of aryl methyl sites for hydroxylation is 2. The van der Waals surface area contributed by atoms with Gasteiger partial charge in [-0.2, -0.15) is 0 Å². The van der Waals surface area contributed by atoms with E-state index in [4.69, 9.17) is 0 Å². The largest absolute Gasteiger partial charge is 2.00 e. The molecule has 0 aliphatic heterocycles. The van der Waals surface area contributed by atoms with Crippen molar-refractivity contribution in [2.24, 2.45) is 0 Å². The quantitative estimate of drug-likeness (QED) is 0.166. The summed E-state index contributed by atoms with van der Waals surface area (Å²) in [5, 5.41) is 22.8. The molecule has 0 N–H and O–H groups in total. The number of hydrogen-bond donors (Lipinski definition) is 0. The number of unbranched alkanes of at least 4 members (excludes halogenated alkanes) is 12. The molecule has 0 unspecified atom stereocenters. The van der Waals surface area contributed by atoms with E-state index in [9.17, 15) is 10.2 Å². The Bertz CT molecular complexity index is 627. The Morgan fingerprint density at radius 3 is 1.09 bits per heavy atom. The van der Waals surface area contributed by atoms with Crippen LogP contribution in [0.3, 0.4) is 0 Å². The van der Waals surface area contributed by atoms with Crippen molar-refractivity contribution in [3.05, 3.63) is 59.7 Å². The molecular formula is C30H46O2Sr. The molecule has 0 aliphatic carbocycles. The van der Waals surface area contributed by atoms with E-state index in [1.54, 1.807) is 12.1 Å². The van der Waals surface area contributed by atoms with Gasteiger partial charge < -0.3 is 10.2 Å². The van der Waals surface area contributed by atoms with E-state index in [1.807, 2.05) is 36.4 Å². The molecule has 2 aromatic carbocycles. The fraction of sp³-hybridized carbons (Fsp3) is 0.600. The van der Waals surface area contributed by atoms with Gasteiger partial charge in [-0.1, -0.05) is 151 Å². The van der Waals surface area contributed by atoms with Crippen molar-refractivity contribution < 1.29 is 10.2 Å². The summed E-state index contributed by atoms with van der Waals surface area (Å²) in [6, 6.07) is 14.8. The van der Waals surface area contributed by atoms with Gasteiger partial charge in [0.2, 0.25) is 0 Å². The molecule has 0 saturated heterocycles. The first-order chi connectivity index (χ1) is 15.7. The van der Waals surface area contributed by atoms with Crippen molar-refractivity contribution in [3.8, 4) is 11.5 Å². The number of rotatable bonds is 16. The van der Waals surface area contributed by atoms with Gasteiger partial charge in [0.1, 0.15) is 0 Å². The van der Waals surface area contributed by atoms with Crippen LogP contribution in [0.2, 0.25) is 0 Å². The molecule has 0 spiro atoms. The average molecular weight is 526 g/mol. The number of para-hydroxylation sites is 2. The first kappa shape index (κ1) is 32.5. The van der Waals surface area contributed by atoms with Crippen LogP contribution in [0.25, 0.3) is 0 Å². The van der Waals surface area contributed by atoms with Gasteiger partial charge in [-0.05, 0) is 25.7 Å². The second-order valence-electron chi connectivity index (χ2n) is 8.96. The van der Waals surface area contributed by atoms with Crippen molar-refractivity contribution >= 4 is 45.5 Å². The van der Waals surface area contributed by atoms with Crippen LogP contribution in [0.15, 0.2) is 48.5 Å². The Morgan fingerprint density at radius 1 is 0.455 bits per heavy atom. The fourth-order valence-electron chi connectivity index (χ4n) is 3.97. The van der Waals surface area contributed by atoms with Gasteiger partial charge in [-0.15, -0.1) is 11.5 Å². The fourth-order valence-corrected chi connectivity index (χ4v) is 3.97. The molecule has 0 heterocycles. The number of benzene rings is 2. The summed E-state index contributed by atoms with van der Waals surface area (Å²) >= 11 is 0. The van der Waals surface area contributed by atoms with E-state index in [0.29, 0.717) is 0 Å². The van der Waals surface area contributed by atoms with E-state index in [2.05, 4.69) is 13.8 Å². The van der Waals surface area contributed by atoms with Crippen molar-refractivity contribution in [1.29, 1.82) is 0 Å². The Labute approximate surface area is 241 Å². The van der Waals surface area contributed by atoms with Crippen LogP contribution in [0.4, 0.5) is 0 Å². The summed E-state index contributed by atoms with van der Waals surface area (Å²) < 4.78 is 0. The van der Waals surface area contributed by atoms with Crippen LogP contribution < -0.4 is 10.2 Å². The zero-order valence-electron chi connectivity index (χ0n) is 21.5. The van der Waals surface area contributed by atoms with E-state index in [-0.39, 0.29) is 57.0 Å². The first-order valence-corrected chi connectivity index (χ1v) is 13.2. The molecule has 0 saturated carbocycles. The maximum absolute atomic E-state index is 11.4. The van der Waals surface area contributed by atoms with Crippen LogP contribution in [0.1, 0.15) is 115 Å². The van der Waals surface area contributed by atoms with Crippen LogP contribution in [-0.4, -0.2) is 45.5 Å². The standard InChI is InChI=1S/2C15H24O.Sr/c2*1-2-3-4-5-6-7-8-11-14-12-9-10-13-15(14)16;/h2*9-10,12-13,16H,2-8,11H2,1H3;/q;;+2/p-2. The first-order valence-electron chi connectivity index (χ1n) is 13.2. The molecular weight excluding hydrogens is 480 g/mol. The predicted octanol–water partition coefficient (Wildman–Crippen LogP) is 7.73. The smallest absolute Gasteiger partial charge is 0.872 e. The third kappa shape index (κ3) is 17.6. The Kier molecular flexibility index (Phi) is 22.9. The normalized spacial score (nSPS) is 10.2. The van der Waals surface area contributed by atoms with Crippen LogP contribution in [0.5, 0.6) is 11.5 Å². The molecule has 0 aromatic heterocycles. The van der Waals surface area contributed by atoms with Crippen molar-refractivity contribution in [3.63, 3.8) is 0 Å². The van der Waals surface area contributed by atoms with Gasteiger partial charge in [0, 0.05) is 0 Å². The maximum atomic E-state index is 11.4. The van der Waals surface area contributed by atoms with Gasteiger partial charge in [0.15, 0.2) is 0 Å². The summed E-state index contributed by atoms with van der Waals surface area (Å²) in [5.74, 6) is 0.405. The van der Waals surface area contributed by atoms with Gasteiger partial charge in [-0.25, -0.2) is 0 Å². The zero-order valence-corrected chi connectivity index (χ0v) is 24.9. The number of hydrogen-bond acceptors (Lipinski definition) is 2. The summed E-state index contributed by atoms with van der Waals surface area (Å²) in [6.07, 6.45) is 20.2. The molecule has 0 bridgehead atoms. The van der Waals surface area contributed by atoms with E-state index in [0.717, 1.165) is 36.8 Å². The predicted molar refractivity (Wildman–Crippen MR) is 141 cm³/mol. The molecule has 0 amide bonds.